The Morgan fingerprint density at radius 1 is 1.25 bits per heavy atom. The van der Waals surface area contributed by atoms with Crippen molar-refractivity contribution in [2.75, 3.05) is 0 Å². The second-order valence-corrected chi connectivity index (χ2v) is 5.34. The zero-order chi connectivity index (χ0) is 16.9. The van der Waals surface area contributed by atoms with E-state index in [4.69, 9.17) is 21.4 Å². The highest BCUT2D eigenvalue weighted by Crippen LogP contribution is 2.20. The fraction of sp³-hybridized carbons (Fsp3) is 0.0588. The van der Waals surface area contributed by atoms with Crippen LogP contribution in [0, 0.1) is 11.3 Å². The van der Waals surface area contributed by atoms with Gasteiger partial charge in [-0.1, -0.05) is 28.9 Å². The number of carbonyl (C=O) groups excluding carboxylic acids is 1. The molecule has 3 aromatic rings. The second-order valence-electron chi connectivity index (χ2n) is 4.90. The molecule has 0 fully saturated rings. The number of aromatic nitrogens is 2. The van der Waals surface area contributed by atoms with Crippen molar-refractivity contribution in [3.05, 3.63) is 70.5 Å². The van der Waals surface area contributed by atoms with Crippen molar-refractivity contribution in [3.63, 3.8) is 0 Å². The number of hydrogen-bond acceptors (Lipinski definition) is 5. The Morgan fingerprint density at radius 3 is 2.88 bits per heavy atom. The van der Waals surface area contributed by atoms with Crippen LogP contribution in [0.5, 0.6) is 0 Å². The van der Waals surface area contributed by atoms with E-state index in [-0.39, 0.29) is 12.5 Å². The SMILES string of the molecule is N#Cc1cccc(C(=O)NCc2noc(-c3cccc(Cl)c3)n2)c1. The number of nitrogens with zero attached hydrogens (tertiary/aromatic N) is 3. The van der Waals surface area contributed by atoms with E-state index in [9.17, 15) is 4.79 Å². The van der Waals surface area contributed by atoms with Crippen LogP contribution in [0.15, 0.2) is 53.1 Å². The van der Waals surface area contributed by atoms with Gasteiger partial charge in [-0.05, 0) is 36.4 Å². The summed E-state index contributed by atoms with van der Waals surface area (Å²) in [5.74, 6) is 0.351. The van der Waals surface area contributed by atoms with E-state index >= 15 is 0 Å². The summed E-state index contributed by atoms with van der Waals surface area (Å²) in [6.07, 6.45) is 0. The molecule has 3 rings (SSSR count). The lowest BCUT2D eigenvalue weighted by molar-refractivity contribution is 0.0949. The van der Waals surface area contributed by atoms with E-state index < -0.39 is 0 Å². The molecule has 0 bridgehead atoms. The topological polar surface area (TPSA) is 91.8 Å². The van der Waals surface area contributed by atoms with Crippen molar-refractivity contribution >= 4 is 17.5 Å². The van der Waals surface area contributed by atoms with Gasteiger partial charge in [-0.25, -0.2) is 0 Å². The van der Waals surface area contributed by atoms with Crippen LogP contribution in [-0.4, -0.2) is 16.0 Å². The highest BCUT2D eigenvalue weighted by atomic mass is 35.5. The molecular formula is C17H11ClN4O2. The lowest BCUT2D eigenvalue weighted by Crippen LogP contribution is -2.23. The number of halogens is 1. The quantitative estimate of drug-likeness (QED) is 0.788. The number of benzene rings is 2. The van der Waals surface area contributed by atoms with Crippen LogP contribution >= 0.6 is 11.6 Å². The average Bonchev–Trinajstić information content (AvgIpc) is 3.09. The van der Waals surface area contributed by atoms with Crippen LogP contribution < -0.4 is 5.32 Å². The minimum Gasteiger partial charge on any atom is -0.345 e. The van der Waals surface area contributed by atoms with Crippen LogP contribution in [0.25, 0.3) is 11.5 Å². The largest absolute Gasteiger partial charge is 0.345 e. The van der Waals surface area contributed by atoms with Gasteiger partial charge < -0.3 is 9.84 Å². The molecule has 6 nitrogen and oxygen atoms in total. The molecule has 0 saturated carbocycles. The van der Waals surface area contributed by atoms with Crippen LogP contribution in [0.3, 0.4) is 0 Å². The molecule has 0 aliphatic carbocycles. The predicted molar refractivity (Wildman–Crippen MR) is 87.1 cm³/mol. The van der Waals surface area contributed by atoms with Crippen molar-refractivity contribution in [3.8, 4) is 17.5 Å². The standard InChI is InChI=1S/C17H11ClN4O2/c18-14-6-2-5-13(8-14)17-21-15(22-24-17)10-20-16(23)12-4-1-3-11(7-12)9-19/h1-8H,10H2,(H,20,23). The van der Waals surface area contributed by atoms with Gasteiger partial charge in [0.2, 0.25) is 0 Å². The summed E-state index contributed by atoms with van der Waals surface area (Å²) in [6, 6.07) is 15.5. The van der Waals surface area contributed by atoms with E-state index in [0.717, 1.165) is 0 Å². The van der Waals surface area contributed by atoms with Crippen LogP contribution in [-0.2, 0) is 6.54 Å². The molecular weight excluding hydrogens is 328 g/mol. The third-order valence-corrected chi connectivity index (χ3v) is 3.44. The van der Waals surface area contributed by atoms with E-state index in [1.54, 1.807) is 42.5 Å². The molecule has 1 amide bonds. The molecule has 7 heteroatoms. The van der Waals surface area contributed by atoms with Gasteiger partial charge in [-0.3, -0.25) is 4.79 Å². The number of carbonyl (C=O) groups is 1. The van der Waals surface area contributed by atoms with Gasteiger partial charge in [0.15, 0.2) is 5.82 Å². The number of amides is 1. The maximum Gasteiger partial charge on any atom is 0.258 e. The normalized spacial score (nSPS) is 10.2. The summed E-state index contributed by atoms with van der Waals surface area (Å²) in [4.78, 5) is 16.3. The highest BCUT2D eigenvalue weighted by molar-refractivity contribution is 6.30. The summed E-state index contributed by atoms with van der Waals surface area (Å²) < 4.78 is 5.17. The van der Waals surface area contributed by atoms with E-state index in [2.05, 4.69) is 15.5 Å². The smallest absolute Gasteiger partial charge is 0.258 e. The average molecular weight is 339 g/mol. The Bertz CT molecular complexity index is 930. The maximum atomic E-state index is 12.1. The van der Waals surface area contributed by atoms with Crippen LogP contribution in [0.1, 0.15) is 21.7 Å². The zero-order valence-corrected chi connectivity index (χ0v) is 13.1. The van der Waals surface area contributed by atoms with E-state index in [1.165, 1.54) is 6.07 Å². The van der Waals surface area contributed by atoms with Gasteiger partial charge in [0.25, 0.3) is 11.8 Å². The Kier molecular flexibility index (Phi) is 4.54. The lowest BCUT2D eigenvalue weighted by Gasteiger charge is -2.02. The summed E-state index contributed by atoms with van der Waals surface area (Å²) >= 11 is 5.93. The number of rotatable bonds is 4. The molecule has 1 N–H and O–H groups in total. The van der Waals surface area contributed by atoms with Crippen molar-refractivity contribution in [2.45, 2.75) is 6.54 Å². The maximum absolute atomic E-state index is 12.1. The van der Waals surface area contributed by atoms with Crippen molar-refractivity contribution in [1.82, 2.24) is 15.5 Å². The predicted octanol–water partition coefficient (Wildman–Crippen LogP) is 3.19. The highest BCUT2D eigenvalue weighted by Gasteiger charge is 2.11. The van der Waals surface area contributed by atoms with Crippen LogP contribution in [0.4, 0.5) is 0 Å². The Morgan fingerprint density at radius 2 is 2.08 bits per heavy atom. The molecule has 0 atom stereocenters. The van der Waals surface area contributed by atoms with Gasteiger partial charge >= 0.3 is 0 Å². The Labute approximate surface area is 142 Å². The Balaban J connectivity index is 1.67. The van der Waals surface area contributed by atoms with E-state index in [1.807, 2.05) is 6.07 Å². The third kappa shape index (κ3) is 3.59. The fourth-order valence-electron chi connectivity index (χ4n) is 2.06. The molecule has 0 radical (unpaired) electrons. The molecule has 1 heterocycles. The molecule has 24 heavy (non-hydrogen) atoms. The summed E-state index contributed by atoms with van der Waals surface area (Å²) in [5, 5.41) is 15.9. The first-order valence-corrected chi connectivity index (χ1v) is 7.40. The van der Waals surface area contributed by atoms with Gasteiger partial charge in [0, 0.05) is 16.1 Å². The summed E-state index contributed by atoms with van der Waals surface area (Å²) in [5.41, 5.74) is 1.52. The third-order valence-electron chi connectivity index (χ3n) is 3.20. The first-order chi connectivity index (χ1) is 11.7. The Hall–Kier alpha value is -3.17. The molecule has 0 aliphatic heterocycles. The van der Waals surface area contributed by atoms with Gasteiger partial charge in [0.05, 0.1) is 18.2 Å². The number of nitriles is 1. The van der Waals surface area contributed by atoms with Gasteiger partial charge in [0.1, 0.15) is 0 Å². The molecule has 0 unspecified atom stereocenters. The second kappa shape index (κ2) is 6.94. The van der Waals surface area contributed by atoms with Crippen molar-refractivity contribution < 1.29 is 9.32 Å². The zero-order valence-electron chi connectivity index (χ0n) is 12.4. The first-order valence-electron chi connectivity index (χ1n) is 7.02. The van der Waals surface area contributed by atoms with E-state index in [0.29, 0.717) is 33.4 Å². The molecule has 0 spiro atoms. The summed E-state index contributed by atoms with van der Waals surface area (Å²) in [7, 11) is 0. The van der Waals surface area contributed by atoms with Crippen LogP contribution in [0.2, 0.25) is 5.02 Å². The first kappa shape index (κ1) is 15.7. The monoisotopic (exact) mass is 338 g/mol. The number of hydrogen-bond donors (Lipinski definition) is 1. The van der Waals surface area contributed by atoms with Gasteiger partial charge in [-0.2, -0.15) is 10.2 Å². The minimum absolute atomic E-state index is 0.111. The minimum atomic E-state index is -0.318. The lowest BCUT2D eigenvalue weighted by atomic mass is 10.1. The molecule has 118 valence electrons. The number of nitrogens with one attached hydrogen (secondary N) is 1. The van der Waals surface area contributed by atoms with Gasteiger partial charge in [-0.15, -0.1) is 0 Å². The molecule has 2 aromatic carbocycles. The molecule has 0 aliphatic rings. The summed E-state index contributed by atoms with van der Waals surface area (Å²) in [6.45, 7) is 0.111. The fourth-order valence-corrected chi connectivity index (χ4v) is 2.25. The molecule has 0 saturated heterocycles. The van der Waals surface area contributed by atoms with Crippen molar-refractivity contribution in [2.24, 2.45) is 0 Å². The van der Waals surface area contributed by atoms with Crippen molar-refractivity contribution in [1.29, 1.82) is 5.26 Å². The molecule has 1 aromatic heterocycles.